The third kappa shape index (κ3) is 38.2. The normalized spacial score (nSPS) is 13.9. The van der Waals surface area contributed by atoms with Gasteiger partial charge in [0, 0.05) is 12.8 Å². The number of hydrogen-bond donors (Lipinski definition) is 0. The van der Waals surface area contributed by atoms with Crippen molar-refractivity contribution >= 4 is 19.8 Å². The van der Waals surface area contributed by atoms with Gasteiger partial charge >= 0.3 is 11.9 Å². The summed E-state index contributed by atoms with van der Waals surface area (Å²) in [4.78, 5) is 37.4. The van der Waals surface area contributed by atoms with Crippen LogP contribution in [0.5, 0.6) is 0 Å². The summed E-state index contributed by atoms with van der Waals surface area (Å²) in [6.07, 6.45) is 36.3. The van der Waals surface area contributed by atoms with Crippen LogP contribution in [0.2, 0.25) is 0 Å². The summed E-state index contributed by atoms with van der Waals surface area (Å²) in [5, 5.41) is 0. The van der Waals surface area contributed by atoms with E-state index in [0.29, 0.717) is 17.4 Å². The lowest BCUT2D eigenvalue weighted by molar-refractivity contribution is -0.870. The van der Waals surface area contributed by atoms with Crippen LogP contribution < -0.4 is 4.89 Å². The van der Waals surface area contributed by atoms with Crippen LogP contribution in [0.25, 0.3) is 0 Å². The fourth-order valence-corrected chi connectivity index (χ4v) is 6.31. The Kier molecular flexibility index (Phi) is 34.2. The average molecular weight is 758 g/mol. The van der Waals surface area contributed by atoms with E-state index in [1.54, 1.807) is 0 Å². The Hall–Kier alpha value is -1.51. The van der Waals surface area contributed by atoms with Crippen LogP contribution in [0.4, 0.5) is 0 Å². The number of quaternary nitrogens is 1. The predicted octanol–water partition coefficient (Wildman–Crippen LogP) is 10.9. The van der Waals surface area contributed by atoms with Gasteiger partial charge < -0.3 is 27.9 Å². The number of likely N-dealkylation sites (N-methyl/N-ethyl adjacent to an activating group) is 1. The number of allylic oxidation sites excluding steroid dienone is 4. The number of unbranched alkanes of at least 4 members (excludes halogenated alkanes) is 20. The summed E-state index contributed by atoms with van der Waals surface area (Å²) >= 11 is 0. The minimum absolute atomic E-state index is 0.0327. The molecule has 0 aliphatic heterocycles. The van der Waals surface area contributed by atoms with Gasteiger partial charge in [0.1, 0.15) is 19.8 Å². The van der Waals surface area contributed by atoms with E-state index in [9.17, 15) is 19.0 Å². The van der Waals surface area contributed by atoms with Gasteiger partial charge in [-0.15, -0.1) is 0 Å². The quantitative estimate of drug-likeness (QED) is 0.0201. The van der Waals surface area contributed by atoms with Crippen molar-refractivity contribution in [3.63, 3.8) is 0 Å². The Bertz CT molecular complexity index is 949. The van der Waals surface area contributed by atoms with Gasteiger partial charge in [-0.3, -0.25) is 14.2 Å². The average Bonchev–Trinajstić information content (AvgIpc) is 3.09. The standard InChI is InChI=1S/C42H80NO8P/c1-6-8-10-12-14-16-18-20-21-23-25-27-29-31-33-35-42(45)51-40(39-50-52(46,47)49-37-36-43(3,4)5)38-48-41(44)34-32-30-28-26-24-22-19-17-15-13-11-9-7-2/h17,19-21,40H,6-16,18,22-39H2,1-5H3/b19-17-,21-20-. The third-order valence-corrected chi connectivity index (χ3v) is 9.91. The Morgan fingerprint density at radius 3 is 1.44 bits per heavy atom. The van der Waals surface area contributed by atoms with E-state index in [2.05, 4.69) is 38.2 Å². The molecule has 0 aliphatic carbocycles. The lowest BCUT2D eigenvalue weighted by atomic mass is 10.1. The van der Waals surface area contributed by atoms with Crippen LogP contribution in [0.3, 0.4) is 0 Å². The van der Waals surface area contributed by atoms with Crippen molar-refractivity contribution in [2.45, 2.75) is 187 Å². The highest BCUT2D eigenvalue weighted by atomic mass is 31.2. The number of carbonyl (C=O) groups excluding carboxylic acids is 2. The van der Waals surface area contributed by atoms with Crippen LogP contribution in [-0.2, 0) is 32.7 Å². The molecular weight excluding hydrogens is 677 g/mol. The van der Waals surface area contributed by atoms with Crippen molar-refractivity contribution in [2.24, 2.45) is 0 Å². The van der Waals surface area contributed by atoms with E-state index in [1.165, 1.54) is 77.0 Å². The highest BCUT2D eigenvalue weighted by molar-refractivity contribution is 7.45. The molecule has 0 aromatic heterocycles. The monoisotopic (exact) mass is 758 g/mol. The second-order valence-electron chi connectivity index (χ2n) is 15.3. The van der Waals surface area contributed by atoms with Gasteiger partial charge in [-0.1, -0.05) is 128 Å². The van der Waals surface area contributed by atoms with Gasteiger partial charge in [0.15, 0.2) is 6.10 Å². The Morgan fingerprint density at radius 2 is 0.981 bits per heavy atom. The fraction of sp³-hybridized carbons (Fsp3) is 0.857. The van der Waals surface area contributed by atoms with Crippen LogP contribution in [0.1, 0.15) is 181 Å². The number of rotatable bonds is 38. The largest absolute Gasteiger partial charge is 0.756 e. The van der Waals surface area contributed by atoms with E-state index in [-0.39, 0.29) is 26.1 Å². The number of ether oxygens (including phenoxy) is 2. The molecule has 0 heterocycles. The molecule has 2 unspecified atom stereocenters. The fourth-order valence-electron chi connectivity index (χ4n) is 5.58. The van der Waals surface area contributed by atoms with Crippen LogP contribution in [-0.4, -0.2) is 70.0 Å². The summed E-state index contributed by atoms with van der Waals surface area (Å²) in [5.74, 6) is -0.853. The molecule has 0 bridgehead atoms. The molecule has 0 aromatic carbocycles. The first-order valence-electron chi connectivity index (χ1n) is 21.0. The highest BCUT2D eigenvalue weighted by Gasteiger charge is 2.21. The van der Waals surface area contributed by atoms with Crippen LogP contribution >= 0.6 is 7.82 Å². The second kappa shape index (κ2) is 35.2. The van der Waals surface area contributed by atoms with Crippen LogP contribution in [0, 0.1) is 0 Å². The summed E-state index contributed by atoms with van der Waals surface area (Å²) < 4.78 is 33.8. The van der Waals surface area contributed by atoms with E-state index >= 15 is 0 Å². The molecule has 0 saturated heterocycles. The third-order valence-electron chi connectivity index (χ3n) is 8.94. The molecule has 0 N–H and O–H groups in total. The first kappa shape index (κ1) is 50.5. The van der Waals surface area contributed by atoms with Crippen molar-refractivity contribution < 1.29 is 42.1 Å². The molecular formula is C42H80NO8P. The maximum absolute atomic E-state index is 12.6. The molecule has 0 aliphatic rings. The summed E-state index contributed by atoms with van der Waals surface area (Å²) in [6.45, 7) is 4.18. The Labute approximate surface area is 319 Å². The number of phosphoric acid groups is 1. The molecule has 0 spiro atoms. The minimum Gasteiger partial charge on any atom is -0.756 e. The number of nitrogens with zero attached hydrogens (tertiary/aromatic N) is 1. The van der Waals surface area contributed by atoms with Gasteiger partial charge in [0.2, 0.25) is 0 Å². The van der Waals surface area contributed by atoms with Gasteiger partial charge in [0.25, 0.3) is 7.82 Å². The van der Waals surface area contributed by atoms with E-state index in [4.69, 9.17) is 18.5 Å². The first-order chi connectivity index (χ1) is 25.0. The zero-order chi connectivity index (χ0) is 38.6. The maximum atomic E-state index is 12.6. The van der Waals surface area contributed by atoms with Crippen molar-refractivity contribution in [1.29, 1.82) is 0 Å². The van der Waals surface area contributed by atoms with Gasteiger partial charge in [-0.25, -0.2) is 0 Å². The number of esters is 2. The maximum Gasteiger partial charge on any atom is 0.306 e. The zero-order valence-electron chi connectivity index (χ0n) is 34.3. The van der Waals surface area contributed by atoms with E-state index in [0.717, 1.165) is 70.6 Å². The number of phosphoric ester groups is 1. The molecule has 0 fully saturated rings. The van der Waals surface area contributed by atoms with E-state index < -0.39 is 32.5 Å². The first-order valence-corrected chi connectivity index (χ1v) is 22.5. The number of carbonyl (C=O) groups is 2. The van der Waals surface area contributed by atoms with Crippen molar-refractivity contribution in [3.8, 4) is 0 Å². The lowest BCUT2D eigenvalue weighted by Crippen LogP contribution is -2.37. The summed E-state index contributed by atoms with van der Waals surface area (Å²) in [5.41, 5.74) is 0. The van der Waals surface area contributed by atoms with Gasteiger partial charge in [0.05, 0.1) is 27.7 Å². The minimum atomic E-state index is -4.62. The summed E-state index contributed by atoms with van der Waals surface area (Å²) in [6, 6.07) is 0. The molecule has 52 heavy (non-hydrogen) atoms. The molecule has 9 nitrogen and oxygen atoms in total. The second-order valence-corrected chi connectivity index (χ2v) is 16.8. The van der Waals surface area contributed by atoms with E-state index in [1.807, 2.05) is 21.1 Å². The molecule has 0 aromatic rings. The molecule has 0 amide bonds. The molecule has 0 radical (unpaired) electrons. The number of hydrogen-bond acceptors (Lipinski definition) is 8. The molecule has 2 atom stereocenters. The molecule has 0 rings (SSSR count). The smallest absolute Gasteiger partial charge is 0.306 e. The van der Waals surface area contributed by atoms with Gasteiger partial charge in [-0.05, 0) is 64.2 Å². The Morgan fingerprint density at radius 1 is 0.577 bits per heavy atom. The molecule has 10 heteroatoms. The Balaban J connectivity index is 4.41. The van der Waals surface area contributed by atoms with Crippen molar-refractivity contribution in [1.82, 2.24) is 0 Å². The molecule has 0 saturated carbocycles. The van der Waals surface area contributed by atoms with Gasteiger partial charge in [-0.2, -0.15) is 0 Å². The summed E-state index contributed by atoms with van der Waals surface area (Å²) in [7, 11) is 1.16. The topological polar surface area (TPSA) is 111 Å². The lowest BCUT2D eigenvalue weighted by Gasteiger charge is -2.28. The zero-order valence-corrected chi connectivity index (χ0v) is 35.2. The SMILES string of the molecule is CCCCCC/C=C\CCCCCCCC(=O)OCC(COP(=O)([O-])OCC[N+](C)(C)C)OC(=O)CCCCCCC/C=C\CCCCCCCC. The van der Waals surface area contributed by atoms with Crippen LogP contribution in [0.15, 0.2) is 24.3 Å². The highest BCUT2D eigenvalue weighted by Crippen LogP contribution is 2.38. The van der Waals surface area contributed by atoms with Crippen molar-refractivity contribution in [2.75, 3.05) is 47.5 Å². The van der Waals surface area contributed by atoms with Crippen molar-refractivity contribution in [3.05, 3.63) is 24.3 Å². The predicted molar refractivity (Wildman–Crippen MR) is 213 cm³/mol. The molecule has 306 valence electrons.